The van der Waals surface area contributed by atoms with Crippen LogP contribution in [0, 0.1) is 22.7 Å². The first kappa shape index (κ1) is 12.9. The Balaban J connectivity index is 3.64. The molecule has 0 unspecified atom stereocenters. The van der Waals surface area contributed by atoms with Crippen LogP contribution in [0.1, 0.15) is 16.7 Å². The zero-order valence-corrected chi connectivity index (χ0v) is 8.85. The van der Waals surface area contributed by atoms with Crippen LogP contribution in [-0.4, -0.2) is 5.16 Å². The average Bonchev–Trinajstić information content (AvgIpc) is 2.27. The van der Waals surface area contributed by atoms with Gasteiger partial charge in [-0.2, -0.15) is 28.7 Å². The van der Waals surface area contributed by atoms with Crippen molar-refractivity contribution in [1.29, 1.82) is 10.5 Å². The summed E-state index contributed by atoms with van der Waals surface area (Å²) in [7, 11) is 0. The third-order valence-corrected chi connectivity index (χ3v) is 1.94. The van der Waals surface area contributed by atoms with E-state index in [2.05, 4.69) is 17.2 Å². The van der Waals surface area contributed by atoms with Crippen molar-refractivity contribution in [2.45, 2.75) is 6.18 Å². The van der Waals surface area contributed by atoms with Gasteiger partial charge in [0.25, 0.3) is 0 Å². The van der Waals surface area contributed by atoms with Crippen molar-refractivity contribution >= 4 is 23.1 Å². The Morgan fingerprint density at radius 1 is 1.12 bits per heavy atom. The SMILES string of the molecule is N#Cc1cc(C#N)c(C(F)(F)F)cc1N=C=S. The summed E-state index contributed by atoms with van der Waals surface area (Å²) >= 11 is 4.27. The Bertz CT molecular complexity index is 587. The Hall–Kier alpha value is -2.21. The second kappa shape index (κ2) is 4.75. The molecule has 0 aromatic heterocycles. The second-order valence-corrected chi connectivity index (χ2v) is 3.02. The highest BCUT2D eigenvalue weighted by Crippen LogP contribution is 2.35. The molecule has 0 amide bonds. The molecule has 0 saturated heterocycles. The van der Waals surface area contributed by atoms with Gasteiger partial charge in [0.05, 0.1) is 33.6 Å². The highest BCUT2D eigenvalue weighted by molar-refractivity contribution is 7.78. The predicted molar refractivity (Wildman–Crippen MR) is 55.6 cm³/mol. The van der Waals surface area contributed by atoms with E-state index in [-0.39, 0.29) is 11.3 Å². The monoisotopic (exact) mass is 253 g/mol. The summed E-state index contributed by atoms with van der Waals surface area (Å²) in [5.74, 6) is 0. The van der Waals surface area contributed by atoms with Gasteiger partial charge in [-0.15, -0.1) is 0 Å². The number of halogens is 3. The van der Waals surface area contributed by atoms with Gasteiger partial charge < -0.3 is 0 Å². The predicted octanol–water partition coefficient (Wildman–Crippen LogP) is 3.18. The molecule has 0 radical (unpaired) electrons. The van der Waals surface area contributed by atoms with Gasteiger partial charge in [0, 0.05) is 0 Å². The number of thiocarbonyl (C=S) groups is 1. The lowest BCUT2D eigenvalue weighted by Crippen LogP contribution is -2.08. The van der Waals surface area contributed by atoms with Crippen molar-refractivity contribution in [3.05, 3.63) is 28.8 Å². The first-order valence-corrected chi connectivity index (χ1v) is 4.48. The molecule has 0 atom stereocenters. The minimum Gasteiger partial charge on any atom is -0.193 e. The largest absolute Gasteiger partial charge is 0.417 e. The second-order valence-electron chi connectivity index (χ2n) is 2.84. The summed E-state index contributed by atoms with van der Waals surface area (Å²) in [6, 6.07) is 4.46. The maximum absolute atomic E-state index is 12.6. The van der Waals surface area contributed by atoms with Gasteiger partial charge in [-0.3, -0.25) is 0 Å². The van der Waals surface area contributed by atoms with E-state index >= 15 is 0 Å². The van der Waals surface area contributed by atoms with Crippen molar-refractivity contribution in [2.75, 3.05) is 0 Å². The number of benzene rings is 1. The molecule has 0 bridgehead atoms. The first-order chi connectivity index (χ1) is 7.93. The first-order valence-electron chi connectivity index (χ1n) is 4.07. The Labute approximate surface area is 99.4 Å². The molecule has 0 aliphatic rings. The molecule has 0 heterocycles. The number of nitriles is 2. The highest BCUT2D eigenvalue weighted by atomic mass is 32.1. The van der Waals surface area contributed by atoms with Crippen LogP contribution in [0.3, 0.4) is 0 Å². The molecule has 7 heteroatoms. The zero-order valence-electron chi connectivity index (χ0n) is 8.04. The van der Waals surface area contributed by atoms with Crippen LogP contribution < -0.4 is 0 Å². The Morgan fingerprint density at radius 3 is 2.12 bits per heavy atom. The van der Waals surface area contributed by atoms with Gasteiger partial charge in [0.2, 0.25) is 0 Å². The van der Waals surface area contributed by atoms with Crippen molar-refractivity contribution < 1.29 is 13.2 Å². The van der Waals surface area contributed by atoms with Crippen molar-refractivity contribution in [3.8, 4) is 12.1 Å². The van der Waals surface area contributed by atoms with Gasteiger partial charge in [-0.25, -0.2) is 0 Å². The van der Waals surface area contributed by atoms with Crippen molar-refractivity contribution in [3.63, 3.8) is 0 Å². The third-order valence-electron chi connectivity index (χ3n) is 1.85. The number of nitrogens with zero attached hydrogens (tertiary/aromatic N) is 3. The van der Waals surface area contributed by atoms with Crippen LogP contribution in [0.25, 0.3) is 0 Å². The van der Waals surface area contributed by atoms with E-state index in [0.29, 0.717) is 6.07 Å². The maximum Gasteiger partial charge on any atom is 0.417 e. The van der Waals surface area contributed by atoms with E-state index in [1.54, 1.807) is 6.07 Å². The van der Waals surface area contributed by atoms with Crippen LogP contribution in [-0.2, 0) is 6.18 Å². The van der Waals surface area contributed by atoms with Crippen molar-refractivity contribution in [2.24, 2.45) is 4.99 Å². The maximum atomic E-state index is 12.6. The molecule has 1 rings (SSSR count). The molecule has 17 heavy (non-hydrogen) atoms. The quantitative estimate of drug-likeness (QED) is 0.570. The molecule has 0 aliphatic heterocycles. The number of aliphatic imine (C=N–C) groups is 1. The fraction of sp³-hybridized carbons (Fsp3) is 0.100. The lowest BCUT2D eigenvalue weighted by atomic mass is 10.0. The van der Waals surface area contributed by atoms with Crippen LogP contribution in [0.4, 0.5) is 18.9 Å². The fourth-order valence-corrected chi connectivity index (χ4v) is 1.24. The normalized spacial score (nSPS) is 9.94. The lowest BCUT2D eigenvalue weighted by Gasteiger charge is -2.09. The number of alkyl halides is 3. The molecule has 0 fully saturated rings. The Morgan fingerprint density at radius 2 is 1.71 bits per heavy atom. The van der Waals surface area contributed by atoms with Gasteiger partial charge in [0.15, 0.2) is 0 Å². The molecular weight excluding hydrogens is 251 g/mol. The summed E-state index contributed by atoms with van der Waals surface area (Å²) in [4.78, 5) is 3.36. The number of isothiocyanates is 1. The van der Waals surface area contributed by atoms with Gasteiger partial charge in [-0.05, 0) is 24.4 Å². The molecule has 0 saturated carbocycles. The third kappa shape index (κ3) is 2.67. The molecule has 0 spiro atoms. The van der Waals surface area contributed by atoms with Gasteiger partial charge in [-0.1, -0.05) is 0 Å². The minimum atomic E-state index is -4.69. The average molecular weight is 253 g/mol. The van der Waals surface area contributed by atoms with Crippen LogP contribution in [0.2, 0.25) is 0 Å². The van der Waals surface area contributed by atoms with Crippen LogP contribution >= 0.6 is 12.2 Å². The van der Waals surface area contributed by atoms with E-state index in [9.17, 15) is 13.2 Å². The molecule has 1 aromatic rings. The van der Waals surface area contributed by atoms with Gasteiger partial charge in [0.1, 0.15) is 6.07 Å². The highest BCUT2D eigenvalue weighted by Gasteiger charge is 2.34. The molecule has 0 aliphatic carbocycles. The minimum absolute atomic E-state index is 0.160. The topological polar surface area (TPSA) is 59.9 Å². The zero-order chi connectivity index (χ0) is 13.1. The van der Waals surface area contributed by atoms with Crippen molar-refractivity contribution in [1.82, 2.24) is 0 Å². The summed E-state index contributed by atoms with van der Waals surface area (Å²) < 4.78 is 37.7. The molecule has 3 nitrogen and oxygen atoms in total. The summed E-state index contributed by atoms with van der Waals surface area (Å²) in [5, 5.41) is 19.2. The number of hydrogen-bond donors (Lipinski definition) is 0. The Kier molecular flexibility index (Phi) is 3.59. The van der Waals surface area contributed by atoms with Gasteiger partial charge >= 0.3 is 6.18 Å². The summed E-state index contributed by atoms with van der Waals surface area (Å²) in [6.45, 7) is 0. The van der Waals surface area contributed by atoms with Crippen LogP contribution in [0.5, 0.6) is 0 Å². The fourth-order valence-electron chi connectivity index (χ4n) is 1.15. The van der Waals surface area contributed by atoms with E-state index in [1.165, 1.54) is 6.07 Å². The molecule has 1 aromatic carbocycles. The van der Waals surface area contributed by atoms with E-state index in [0.717, 1.165) is 6.07 Å². The number of hydrogen-bond acceptors (Lipinski definition) is 4. The van der Waals surface area contributed by atoms with Crippen LogP contribution in [0.15, 0.2) is 17.1 Å². The van der Waals surface area contributed by atoms with E-state index in [1.807, 2.05) is 5.16 Å². The van der Waals surface area contributed by atoms with E-state index < -0.39 is 17.3 Å². The summed E-state index contributed by atoms with van der Waals surface area (Å²) in [5.41, 5.74) is -2.19. The molecule has 84 valence electrons. The van der Waals surface area contributed by atoms with E-state index in [4.69, 9.17) is 10.5 Å². The smallest absolute Gasteiger partial charge is 0.193 e. The standard InChI is InChI=1S/C10H2F3N3S/c11-10(12,13)8-2-9(16-5-17)7(4-15)1-6(8)3-14/h1-2H. The lowest BCUT2D eigenvalue weighted by molar-refractivity contribution is -0.137. The number of rotatable bonds is 1. The summed E-state index contributed by atoms with van der Waals surface area (Å²) in [6.07, 6.45) is -4.69. The molecular formula is C10H2F3N3S. The molecule has 0 N–H and O–H groups in total.